The first-order valence-electron chi connectivity index (χ1n) is 2.00. The summed E-state index contributed by atoms with van der Waals surface area (Å²) in [4.78, 5) is 0. The molecule has 0 fully saturated rings. The van der Waals surface area contributed by atoms with Crippen molar-refractivity contribution in [3.63, 3.8) is 0 Å². The molecule has 0 aliphatic heterocycles. The molecule has 0 saturated carbocycles. The summed E-state index contributed by atoms with van der Waals surface area (Å²) in [5.41, 5.74) is 4.42. The first kappa shape index (κ1) is 11.5. The molecule has 0 atom stereocenters. The molecule has 0 saturated heterocycles. The maximum Gasteiger partial charge on any atom is 0.0198 e. The Labute approximate surface area is 75.3 Å². The average Bonchev–Trinajstić information content (AvgIpc) is 1.72. The Hall–Kier alpha value is 0.654. The Morgan fingerprint density at radius 2 is 1.38 bits per heavy atom. The molecule has 1 aromatic rings. The molecule has 3 heteroatoms. The fourth-order valence-corrected chi connectivity index (χ4v) is 1.03. The smallest absolute Gasteiger partial charge is 0.0198 e. The predicted molar refractivity (Wildman–Crippen MR) is 40.7 cm³/mol. The standard InChI is InChI=1S/C5H6Si.In.Si/c1-2-4-6-5-3-1;;/h1-6H;;. The van der Waals surface area contributed by atoms with Crippen LogP contribution in [0.5, 0.6) is 0 Å². The van der Waals surface area contributed by atoms with Gasteiger partial charge in [0.1, 0.15) is 0 Å². The molecule has 37 valence electrons. The van der Waals surface area contributed by atoms with Gasteiger partial charge in [-0.05, 0) is 0 Å². The predicted octanol–water partition coefficient (Wildman–Crippen LogP) is -0.00460. The van der Waals surface area contributed by atoms with E-state index in [1.54, 1.807) is 0 Å². The van der Waals surface area contributed by atoms with Gasteiger partial charge in [-0.25, -0.2) is 0 Å². The van der Waals surface area contributed by atoms with Gasteiger partial charge in [0.25, 0.3) is 0 Å². The van der Waals surface area contributed by atoms with Gasteiger partial charge in [0.15, 0.2) is 0 Å². The van der Waals surface area contributed by atoms with Gasteiger partial charge >= 0.3 is 0 Å². The van der Waals surface area contributed by atoms with E-state index in [9.17, 15) is 0 Å². The molecule has 0 nitrogen and oxygen atoms in total. The van der Waals surface area contributed by atoms with Gasteiger partial charge in [0, 0.05) is 45.9 Å². The third-order valence-electron chi connectivity index (χ3n) is 0.667. The van der Waals surface area contributed by atoms with Crippen molar-refractivity contribution in [1.29, 1.82) is 0 Å². The van der Waals surface area contributed by atoms with Crippen LogP contribution in [0.4, 0.5) is 0 Å². The topological polar surface area (TPSA) is 0 Å². The Balaban J connectivity index is 0. The molecular formula is C5H6InSi2. The normalized spacial score (nSPS) is 6.00. The minimum Gasteiger partial charge on any atom is -0.0805 e. The van der Waals surface area contributed by atoms with Crippen LogP contribution in [0, 0.1) is 0 Å². The minimum atomic E-state index is 0. The summed E-state index contributed by atoms with van der Waals surface area (Å²) in [5.74, 6) is 0. The minimum absolute atomic E-state index is 0. The molecular weight excluding hydrogens is 231 g/mol. The van der Waals surface area contributed by atoms with Crippen molar-refractivity contribution in [1.82, 2.24) is 0 Å². The Kier molecular flexibility index (Phi) is 11.0. The van der Waals surface area contributed by atoms with E-state index in [0.29, 0.717) is 9.12 Å². The Morgan fingerprint density at radius 3 is 1.50 bits per heavy atom. The van der Waals surface area contributed by atoms with Gasteiger partial charge in [0.2, 0.25) is 0 Å². The van der Waals surface area contributed by atoms with Gasteiger partial charge in [-0.1, -0.05) is 29.6 Å². The Bertz CT molecular complexity index is 82.4. The summed E-state index contributed by atoms with van der Waals surface area (Å²) in [5, 5.41) is 0. The van der Waals surface area contributed by atoms with E-state index in [4.69, 9.17) is 0 Å². The van der Waals surface area contributed by atoms with Crippen LogP contribution < -0.4 is 0 Å². The van der Waals surface area contributed by atoms with Crippen LogP contribution in [0.25, 0.3) is 0 Å². The van der Waals surface area contributed by atoms with Crippen molar-refractivity contribution in [3.05, 3.63) is 29.6 Å². The van der Waals surface area contributed by atoms with Crippen molar-refractivity contribution in [2.45, 2.75) is 0 Å². The molecule has 7 radical (unpaired) electrons. The van der Waals surface area contributed by atoms with E-state index in [1.807, 2.05) is 0 Å². The second-order valence-corrected chi connectivity index (χ2v) is 2.31. The van der Waals surface area contributed by atoms with E-state index >= 15 is 0 Å². The van der Waals surface area contributed by atoms with E-state index in [2.05, 4.69) is 29.6 Å². The fraction of sp³-hybridized carbons (Fsp3) is 0. The second kappa shape index (κ2) is 7.65. The fourth-order valence-electron chi connectivity index (χ4n) is 0.385. The molecule has 0 bridgehead atoms. The van der Waals surface area contributed by atoms with E-state index in [1.165, 1.54) is 0 Å². The summed E-state index contributed by atoms with van der Waals surface area (Å²) in [7, 11) is 0.513. The maximum absolute atomic E-state index is 2.21. The summed E-state index contributed by atoms with van der Waals surface area (Å²) in [6.07, 6.45) is 0. The number of rotatable bonds is 0. The molecule has 0 aliphatic rings. The average molecular weight is 237 g/mol. The molecule has 0 N–H and O–H groups in total. The molecule has 8 heavy (non-hydrogen) atoms. The van der Waals surface area contributed by atoms with Crippen LogP contribution in [0.1, 0.15) is 0 Å². The van der Waals surface area contributed by atoms with E-state index < -0.39 is 0 Å². The van der Waals surface area contributed by atoms with Crippen LogP contribution in [0.15, 0.2) is 29.6 Å². The van der Waals surface area contributed by atoms with Crippen LogP contribution in [-0.4, -0.2) is 45.9 Å². The SMILES string of the molecule is [In].[Si].c1cc[siH]cc1. The van der Waals surface area contributed by atoms with E-state index in [0.717, 1.165) is 0 Å². The quantitative estimate of drug-likeness (QED) is 0.557. The monoisotopic (exact) mass is 237 g/mol. The summed E-state index contributed by atoms with van der Waals surface area (Å²) < 4.78 is 0. The first-order valence-corrected chi connectivity index (χ1v) is 3.33. The van der Waals surface area contributed by atoms with E-state index in [-0.39, 0.29) is 36.8 Å². The molecule has 0 spiro atoms. The molecule has 0 aromatic carbocycles. The zero-order chi connectivity index (χ0) is 4.24. The van der Waals surface area contributed by atoms with Crippen molar-refractivity contribution in [2.75, 3.05) is 0 Å². The van der Waals surface area contributed by atoms with Crippen molar-refractivity contribution in [3.8, 4) is 0 Å². The van der Waals surface area contributed by atoms with Gasteiger partial charge in [-0.15, -0.1) is 0 Å². The second-order valence-electron chi connectivity index (χ2n) is 1.15. The van der Waals surface area contributed by atoms with Crippen LogP contribution in [-0.2, 0) is 0 Å². The van der Waals surface area contributed by atoms with Gasteiger partial charge in [-0.3, -0.25) is 0 Å². The summed E-state index contributed by atoms with van der Waals surface area (Å²) in [6.45, 7) is 0. The molecule has 0 amide bonds. The Morgan fingerprint density at radius 1 is 0.875 bits per heavy atom. The summed E-state index contributed by atoms with van der Waals surface area (Å²) >= 11 is 0. The maximum atomic E-state index is 2.21. The van der Waals surface area contributed by atoms with Crippen molar-refractivity contribution < 1.29 is 0 Å². The zero-order valence-corrected chi connectivity index (χ0v) is 9.99. The molecule has 0 unspecified atom stereocenters. The molecule has 0 aliphatic carbocycles. The van der Waals surface area contributed by atoms with Crippen LogP contribution in [0.2, 0.25) is 0 Å². The zero-order valence-electron chi connectivity index (χ0n) is 4.54. The molecule has 1 rings (SSSR count). The molecule has 1 heterocycles. The first-order chi connectivity index (χ1) is 3.00. The van der Waals surface area contributed by atoms with Gasteiger partial charge < -0.3 is 0 Å². The third kappa shape index (κ3) is 4.80. The summed E-state index contributed by atoms with van der Waals surface area (Å²) in [6, 6.07) is 6.24. The van der Waals surface area contributed by atoms with Crippen molar-refractivity contribution >= 4 is 45.9 Å². The molecule has 1 aromatic heterocycles. The number of hydrogen-bond donors (Lipinski definition) is 0. The third-order valence-corrected chi connectivity index (χ3v) is 1.56. The van der Waals surface area contributed by atoms with Gasteiger partial charge in [0.05, 0.1) is 0 Å². The van der Waals surface area contributed by atoms with Gasteiger partial charge in [-0.2, -0.15) is 0 Å². The largest absolute Gasteiger partial charge is 0.0805 e. The van der Waals surface area contributed by atoms with Crippen LogP contribution >= 0.6 is 0 Å². The van der Waals surface area contributed by atoms with Crippen molar-refractivity contribution in [2.24, 2.45) is 0 Å². The number of hydrogen-bond acceptors (Lipinski definition) is 0. The van der Waals surface area contributed by atoms with Crippen LogP contribution in [0.3, 0.4) is 0 Å².